The number of oxazole rings is 1. The quantitative estimate of drug-likeness (QED) is 0.140. The van der Waals surface area contributed by atoms with Gasteiger partial charge in [-0.2, -0.15) is 13.0 Å². The average molecular weight is 649 g/mol. The van der Waals surface area contributed by atoms with E-state index < -0.39 is 26.0 Å². The van der Waals surface area contributed by atoms with Crippen LogP contribution in [0.25, 0.3) is 38.7 Å². The van der Waals surface area contributed by atoms with Crippen LogP contribution in [0.5, 0.6) is 5.75 Å². The van der Waals surface area contributed by atoms with Gasteiger partial charge in [0.15, 0.2) is 12.3 Å². The van der Waals surface area contributed by atoms with Crippen molar-refractivity contribution in [2.24, 2.45) is 0 Å². The topological polar surface area (TPSA) is 141 Å². The number of hydrogen-bond donors (Lipinski definition) is 1. The molecule has 1 aliphatic heterocycles. The van der Waals surface area contributed by atoms with Crippen LogP contribution in [-0.2, 0) is 26.8 Å². The molecule has 0 spiro atoms. The summed E-state index contributed by atoms with van der Waals surface area (Å²) in [4.78, 5) is 1.90. The molecule has 12 heteroatoms. The van der Waals surface area contributed by atoms with Gasteiger partial charge in [0, 0.05) is 30.9 Å². The van der Waals surface area contributed by atoms with Gasteiger partial charge in [-0.15, -0.1) is 0 Å². The molecule has 1 aliphatic rings. The molecule has 5 aromatic rings. The minimum atomic E-state index is -4.38. The maximum atomic E-state index is 11.5. The molecule has 0 aliphatic carbocycles. The normalized spacial score (nSPS) is 15.0. The molecule has 0 fully saturated rings. The zero-order chi connectivity index (χ0) is 31.8. The molecule has 0 unspecified atom stereocenters. The van der Waals surface area contributed by atoms with Crippen molar-refractivity contribution in [2.75, 3.05) is 23.0 Å². The van der Waals surface area contributed by atoms with Crippen molar-refractivity contribution >= 4 is 64.6 Å². The van der Waals surface area contributed by atoms with Crippen molar-refractivity contribution < 1.29 is 39.7 Å². The molecule has 2 heterocycles. The lowest BCUT2D eigenvalue weighted by molar-refractivity contribution is -0.677. The number of rotatable bonds is 11. The van der Waals surface area contributed by atoms with Gasteiger partial charge in [0.1, 0.15) is 0 Å². The largest absolute Gasteiger partial charge is 0.748 e. The molecule has 1 aromatic heterocycles. The van der Waals surface area contributed by atoms with Crippen molar-refractivity contribution in [1.29, 1.82) is 0 Å². The first-order valence-corrected chi connectivity index (χ1v) is 17.8. The van der Waals surface area contributed by atoms with Gasteiger partial charge in [0.2, 0.25) is 11.5 Å². The summed E-state index contributed by atoms with van der Waals surface area (Å²) in [5, 5.41) is 3.99. The summed E-state index contributed by atoms with van der Waals surface area (Å²) >= 11 is 0. The van der Waals surface area contributed by atoms with E-state index in [4.69, 9.17) is 9.15 Å². The van der Waals surface area contributed by atoms with Gasteiger partial charge in [-0.05, 0) is 58.2 Å². The van der Waals surface area contributed by atoms with Crippen molar-refractivity contribution in [3.05, 3.63) is 96.2 Å². The summed E-state index contributed by atoms with van der Waals surface area (Å²) in [5.41, 5.74) is 3.01. The number of nitrogens with zero attached hydrogens (tertiary/aromatic N) is 2. The molecular formula is C33H32N2O8S2. The Morgan fingerprint density at radius 3 is 2.20 bits per heavy atom. The highest BCUT2D eigenvalue weighted by molar-refractivity contribution is 7.85. The van der Waals surface area contributed by atoms with Gasteiger partial charge in [0.05, 0.1) is 27.6 Å². The van der Waals surface area contributed by atoms with E-state index in [9.17, 15) is 25.9 Å². The Labute approximate surface area is 261 Å². The second-order valence-electron chi connectivity index (χ2n) is 11.0. The second-order valence-corrected chi connectivity index (χ2v) is 14.1. The maximum absolute atomic E-state index is 11.5. The van der Waals surface area contributed by atoms with Crippen molar-refractivity contribution in [1.82, 2.24) is 0 Å². The van der Waals surface area contributed by atoms with Gasteiger partial charge in [-0.1, -0.05) is 55.5 Å². The molecule has 4 aromatic carbocycles. The number of aryl methyl sites for hydroxylation is 1. The van der Waals surface area contributed by atoms with Gasteiger partial charge >= 0.3 is 5.89 Å². The summed E-state index contributed by atoms with van der Waals surface area (Å²) < 4.78 is 80.8. The van der Waals surface area contributed by atoms with Crippen molar-refractivity contribution in [2.45, 2.75) is 32.7 Å². The number of hydrogen-bond acceptors (Lipinski definition) is 8. The molecule has 234 valence electrons. The predicted molar refractivity (Wildman–Crippen MR) is 172 cm³/mol. The predicted octanol–water partition coefficient (Wildman–Crippen LogP) is 5.77. The van der Waals surface area contributed by atoms with E-state index in [1.54, 1.807) is 0 Å². The third kappa shape index (κ3) is 7.04. The molecule has 0 amide bonds. The number of benzene rings is 4. The fraction of sp³-hybridized carbons (Fsp3) is 0.242. The monoisotopic (exact) mass is 648 g/mol. The highest BCUT2D eigenvalue weighted by Crippen LogP contribution is 2.42. The number of ether oxygens (including phenoxy) is 1. The Bertz CT molecular complexity index is 2200. The van der Waals surface area contributed by atoms with Crippen molar-refractivity contribution in [3.8, 4) is 5.75 Å². The first-order chi connectivity index (χ1) is 21.5. The number of fused-ring (bicyclic) bond motifs is 4. The zero-order valence-electron chi connectivity index (χ0n) is 24.5. The van der Waals surface area contributed by atoms with Crippen LogP contribution in [0.1, 0.15) is 32.1 Å². The third-order valence-corrected chi connectivity index (χ3v) is 9.38. The SMILES string of the molecule is CCC(=Cc1oc2cc3ccccc3cc2[n+]1CCCS(=O)(=O)[O-])C=C1Oc2cc3ccccc3cc2N1CCCS(=O)(=O)O. The molecular weight excluding hydrogens is 617 g/mol. The number of allylic oxidation sites excluding steroid dienone is 2. The molecule has 6 rings (SSSR count). The van der Waals surface area contributed by atoms with Crippen LogP contribution in [0.4, 0.5) is 5.69 Å². The number of anilines is 1. The lowest BCUT2D eigenvalue weighted by Gasteiger charge is -2.18. The minimum Gasteiger partial charge on any atom is -0.748 e. The molecule has 10 nitrogen and oxygen atoms in total. The summed E-state index contributed by atoms with van der Waals surface area (Å²) in [6.45, 7) is 2.52. The van der Waals surface area contributed by atoms with E-state index >= 15 is 0 Å². The summed E-state index contributed by atoms with van der Waals surface area (Å²) in [6, 6.07) is 23.6. The summed E-state index contributed by atoms with van der Waals surface area (Å²) in [5.74, 6) is 0.730. The van der Waals surface area contributed by atoms with E-state index in [1.807, 2.05) is 101 Å². The van der Waals surface area contributed by atoms with Crippen LogP contribution in [0.15, 0.2) is 94.7 Å². The van der Waals surface area contributed by atoms with Gasteiger partial charge in [-0.3, -0.25) is 4.55 Å². The average Bonchev–Trinajstić information content (AvgIpc) is 3.48. The highest BCUT2D eigenvalue weighted by atomic mass is 32.2. The fourth-order valence-electron chi connectivity index (χ4n) is 5.62. The highest BCUT2D eigenvalue weighted by Gasteiger charge is 2.28. The number of aromatic nitrogens is 1. The molecule has 0 atom stereocenters. The minimum absolute atomic E-state index is 0.120. The van der Waals surface area contributed by atoms with Crippen LogP contribution >= 0.6 is 0 Å². The standard InChI is InChI=1S/C33H32N2O8S2/c1-2-23(17-32-34(13-7-15-44(36,37)38)28-19-24-9-3-5-11-26(24)21-30(28)42-32)18-33-35(14-8-16-45(39,40)41)29-20-25-10-4-6-12-27(25)22-31(29)43-33/h3-6,9-12,17-22H,2,7-8,13-16H2,1H3,(H-,36,37,38,39,40,41). The Kier molecular flexibility index (Phi) is 8.40. The van der Waals surface area contributed by atoms with Crippen LogP contribution in [0.3, 0.4) is 0 Å². The van der Waals surface area contributed by atoms with E-state index in [0.717, 1.165) is 38.3 Å². The summed E-state index contributed by atoms with van der Waals surface area (Å²) in [7, 11) is -8.51. The molecule has 45 heavy (non-hydrogen) atoms. The van der Waals surface area contributed by atoms with Gasteiger partial charge < -0.3 is 18.6 Å². The van der Waals surface area contributed by atoms with E-state index in [1.165, 1.54) is 0 Å². The van der Waals surface area contributed by atoms with E-state index in [0.29, 0.717) is 29.5 Å². The molecule has 1 N–H and O–H groups in total. The fourth-order valence-corrected chi connectivity index (χ4v) is 6.59. The van der Waals surface area contributed by atoms with Crippen molar-refractivity contribution in [3.63, 3.8) is 0 Å². The van der Waals surface area contributed by atoms with Crippen LogP contribution in [0, 0.1) is 0 Å². The molecule has 0 radical (unpaired) electrons. The van der Waals surface area contributed by atoms with Crippen LogP contribution in [0.2, 0.25) is 0 Å². The molecule has 0 saturated heterocycles. The zero-order valence-corrected chi connectivity index (χ0v) is 26.2. The first-order valence-electron chi connectivity index (χ1n) is 14.6. The Hall–Kier alpha value is -4.23. The Morgan fingerprint density at radius 2 is 1.56 bits per heavy atom. The second kappa shape index (κ2) is 12.3. The molecule has 0 bridgehead atoms. The Morgan fingerprint density at radius 1 is 0.911 bits per heavy atom. The first kappa shape index (κ1) is 30.8. The lowest BCUT2D eigenvalue weighted by Crippen LogP contribution is -2.36. The summed E-state index contributed by atoms with van der Waals surface area (Å²) in [6.07, 6.45) is 4.61. The van der Waals surface area contributed by atoms with Crippen LogP contribution < -0.4 is 14.2 Å². The lowest BCUT2D eigenvalue weighted by atomic mass is 10.1. The third-order valence-electron chi connectivity index (χ3n) is 7.78. The molecule has 0 saturated carbocycles. The van der Waals surface area contributed by atoms with E-state index in [2.05, 4.69) is 0 Å². The van der Waals surface area contributed by atoms with Gasteiger partial charge in [-0.25, -0.2) is 8.42 Å². The maximum Gasteiger partial charge on any atom is 0.374 e. The van der Waals surface area contributed by atoms with E-state index in [-0.39, 0.29) is 31.7 Å². The van der Waals surface area contributed by atoms with Gasteiger partial charge in [0.25, 0.3) is 15.6 Å². The Balaban J connectivity index is 1.41. The smallest absolute Gasteiger partial charge is 0.374 e. The van der Waals surface area contributed by atoms with Crippen LogP contribution in [-0.4, -0.2) is 44.0 Å².